The molecule has 3 nitrogen and oxygen atoms in total. The molecule has 110 valence electrons. The van der Waals surface area contributed by atoms with Crippen molar-refractivity contribution in [3.63, 3.8) is 0 Å². The fourth-order valence-electron chi connectivity index (χ4n) is 2.70. The van der Waals surface area contributed by atoms with Crippen molar-refractivity contribution < 1.29 is 8.78 Å². The van der Waals surface area contributed by atoms with E-state index in [1.165, 1.54) is 6.07 Å². The zero-order valence-electron chi connectivity index (χ0n) is 12.0. The lowest BCUT2D eigenvalue weighted by molar-refractivity contribution is 0.430. The number of unbranched alkanes of at least 4 members (excludes halogenated alkanes) is 1. The molecular formula is C15H21F2N3. The molecule has 2 rings (SSSR count). The van der Waals surface area contributed by atoms with E-state index < -0.39 is 11.6 Å². The van der Waals surface area contributed by atoms with Gasteiger partial charge in [0, 0.05) is 18.2 Å². The monoisotopic (exact) mass is 281 g/mol. The zero-order valence-corrected chi connectivity index (χ0v) is 12.0. The number of nitrogens with two attached hydrogens (primary N) is 1. The minimum Gasteiger partial charge on any atom is -0.369 e. The minimum atomic E-state index is -0.656. The van der Waals surface area contributed by atoms with Crippen LogP contribution in [0, 0.1) is 11.6 Å². The van der Waals surface area contributed by atoms with Crippen LogP contribution in [0.5, 0.6) is 0 Å². The Hall–Kier alpha value is -1.65. The number of anilines is 1. The molecule has 2 aromatic rings. The summed E-state index contributed by atoms with van der Waals surface area (Å²) in [6.45, 7) is 4.22. The summed E-state index contributed by atoms with van der Waals surface area (Å²) in [4.78, 5) is 4.06. The lowest BCUT2D eigenvalue weighted by Crippen LogP contribution is -2.12. The van der Waals surface area contributed by atoms with Gasteiger partial charge in [0.05, 0.1) is 5.52 Å². The van der Waals surface area contributed by atoms with E-state index in [0.29, 0.717) is 5.52 Å². The van der Waals surface area contributed by atoms with Gasteiger partial charge in [0.1, 0.15) is 11.3 Å². The number of benzene rings is 1. The first-order valence-corrected chi connectivity index (χ1v) is 7.20. The predicted molar refractivity (Wildman–Crippen MR) is 77.5 cm³/mol. The molecule has 0 aliphatic carbocycles. The van der Waals surface area contributed by atoms with Gasteiger partial charge in [0.15, 0.2) is 5.82 Å². The molecule has 5 heteroatoms. The van der Waals surface area contributed by atoms with E-state index >= 15 is 0 Å². The van der Waals surface area contributed by atoms with Crippen molar-refractivity contribution in [3.8, 4) is 0 Å². The highest BCUT2D eigenvalue weighted by molar-refractivity contribution is 5.79. The number of nitrogen functional groups attached to an aromatic ring is 1. The molecule has 0 saturated heterocycles. The third-order valence-corrected chi connectivity index (χ3v) is 3.62. The van der Waals surface area contributed by atoms with Crippen LogP contribution in [0.1, 0.15) is 52.0 Å². The van der Waals surface area contributed by atoms with E-state index in [-0.39, 0.29) is 17.5 Å². The lowest BCUT2D eigenvalue weighted by atomic mass is 10.0. The van der Waals surface area contributed by atoms with Crippen LogP contribution in [0.2, 0.25) is 0 Å². The van der Waals surface area contributed by atoms with Crippen molar-refractivity contribution >= 4 is 17.0 Å². The Bertz CT molecular complexity index is 592. The summed E-state index contributed by atoms with van der Waals surface area (Å²) in [5, 5.41) is 0. The molecule has 0 amide bonds. The van der Waals surface area contributed by atoms with Gasteiger partial charge in [-0.1, -0.05) is 33.1 Å². The summed E-state index contributed by atoms with van der Waals surface area (Å²) in [5.74, 6) is -0.989. The first kappa shape index (κ1) is 14.8. The molecule has 0 aliphatic heterocycles. The van der Waals surface area contributed by atoms with Crippen molar-refractivity contribution in [2.75, 3.05) is 5.73 Å². The fourth-order valence-corrected chi connectivity index (χ4v) is 2.70. The Morgan fingerprint density at radius 3 is 2.60 bits per heavy atom. The van der Waals surface area contributed by atoms with Gasteiger partial charge in [-0.15, -0.1) is 0 Å². The van der Waals surface area contributed by atoms with Gasteiger partial charge in [-0.25, -0.2) is 13.8 Å². The van der Waals surface area contributed by atoms with Crippen LogP contribution in [0.4, 0.5) is 14.7 Å². The molecule has 2 N–H and O–H groups in total. The van der Waals surface area contributed by atoms with Gasteiger partial charge in [-0.05, 0) is 12.8 Å². The summed E-state index contributed by atoms with van der Waals surface area (Å²) in [5.41, 5.74) is 6.55. The Labute approximate surface area is 117 Å². The molecule has 0 aliphatic rings. The Morgan fingerprint density at radius 1 is 1.20 bits per heavy atom. The molecule has 0 spiro atoms. The Balaban J connectivity index is 2.52. The maximum atomic E-state index is 13.8. The summed E-state index contributed by atoms with van der Waals surface area (Å²) >= 11 is 0. The second kappa shape index (κ2) is 6.20. The van der Waals surface area contributed by atoms with E-state index in [2.05, 4.69) is 18.8 Å². The van der Waals surface area contributed by atoms with Gasteiger partial charge in [0.25, 0.3) is 0 Å². The Morgan fingerprint density at radius 2 is 1.95 bits per heavy atom. The van der Waals surface area contributed by atoms with Crippen LogP contribution in [0.25, 0.3) is 11.0 Å². The van der Waals surface area contributed by atoms with E-state index in [4.69, 9.17) is 5.73 Å². The van der Waals surface area contributed by atoms with Crippen LogP contribution < -0.4 is 5.73 Å². The molecular weight excluding hydrogens is 260 g/mol. The number of nitrogens with zero attached hydrogens (tertiary/aromatic N) is 2. The van der Waals surface area contributed by atoms with Crippen LogP contribution in [-0.2, 0) is 0 Å². The normalized spacial score (nSPS) is 13.0. The second-order valence-corrected chi connectivity index (χ2v) is 5.18. The minimum absolute atomic E-state index is 0.145. The van der Waals surface area contributed by atoms with E-state index in [1.807, 2.05) is 0 Å². The SMILES string of the molecule is CCCCC(CCC)n1c(N)nc2c(F)cc(F)cc21. The van der Waals surface area contributed by atoms with Crippen molar-refractivity contribution in [2.45, 2.75) is 52.0 Å². The maximum absolute atomic E-state index is 13.8. The fraction of sp³-hybridized carbons (Fsp3) is 0.533. The molecule has 1 unspecified atom stereocenters. The zero-order chi connectivity index (χ0) is 14.7. The lowest BCUT2D eigenvalue weighted by Gasteiger charge is -2.20. The quantitative estimate of drug-likeness (QED) is 0.851. The van der Waals surface area contributed by atoms with Crippen molar-refractivity contribution in [3.05, 3.63) is 23.8 Å². The van der Waals surface area contributed by atoms with Gasteiger partial charge >= 0.3 is 0 Å². The molecule has 0 radical (unpaired) electrons. The third-order valence-electron chi connectivity index (χ3n) is 3.62. The number of aromatic nitrogens is 2. The number of hydrogen-bond acceptors (Lipinski definition) is 2. The molecule has 0 bridgehead atoms. The number of hydrogen-bond donors (Lipinski definition) is 1. The largest absolute Gasteiger partial charge is 0.369 e. The first-order chi connectivity index (χ1) is 9.58. The topological polar surface area (TPSA) is 43.8 Å². The number of imidazole rings is 1. The highest BCUT2D eigenvalue weighted by Crippen LogP contribution is 2.30. The van der Waals surface area contributed by atoms with Crippen molar-refractivity contribution in [2.24, 2.45) is 0 Å². The first-order valence-electron chi connectivity index (χ1n) is 7.20. The molecule has 0 saturated carbocycles. The van der Waals surface area contributed by atoms with Gasteiger partial charge in [-0.2, -0.15) is 0 Å². The molecule has 1 aromatic heterocycles. The highest BCUT2D eigenvalue weighted by Gasteiger charge is 2.19. The van der Waals surface area contributed by atoms with Gasteiger partial charge < -0.3 is 10.3 Å². The number of rotatable bonds is 6. The smallest absolute Gasteiger partial charge is 0.201 e. The number of halogens is 2. The van der Waals surface area contributed by atoms with Crippen molar-refractivity contribution in [1.29, 1.82) is 0 Å². The summed E-state index contributed by atoms with van der Waals surface area (Å²) in [6.07, 6.45) is 4.99. The summed E-state index contributed by atoms with van der Waals surface area (Å²) in [7, 11) is 0. The van der Waals surface area contributed by atoms with Crippen molar-refractivity contribution in [1.82, 2.24) is 9.55 Å². The van der Waals surface area contributed by atoms with Crippen LogP contribution in [0.15, 0.2) is 12.1 Å². The molecule has 1 heterocycles. The van der Waals surface area contributed by atoms with Crippen LogP contribution in [-0.4, -0.2) is 9.55 Å². The highest BCUT2D eigenvalue weighted by atomic mass is 19.1. The number of fused-ring (bicyclic) bond motifs is 1. The van der Waals surface area contributed by atoms with Crippen LogP contribution >= 0.6 is 0 Å². The predicted octanol–water partition coefficient (Wildman–Crippen LogP) is 4.43. The molecule has 0 fully saturated rings. The standard InChI is InChI=1S/C15H21F2N3/c1-3-5-7-11(6-4-2)20-13-9-10(16)8-12(17)14(13)19-15(20)18/h8-9,11H,3-7H2,1-2H3,(H2,18,19). The van der Waals surface area contributed by atoms with Gasteiger partial charge in [-0.3, -0.25) is 0 Å². The van der Waals surface area contributed by atoms with E-state index in [9.17, 15) is 8.78 Å². The summed E-state index contributed by atoms with van der Waals surface area (Å²) < 4.78 is 29.0. The third kappa shape index (κ3) is 2.76. The average molecular weight is 281 g/mol. The van der Waals surface area contributed by atoms with E-state index in [1.54, 1.807) is 4.57 Å². The summed E-state index contributed by atoms with van der Waals surface area (Å²) in [6, 6.07) is 2.31. The molecule has 1 aromatic carbocycles. The van der Waals surface area contributed by atoms with E-state index in [0.717, 1.165) is 38.2 Å². The van der Waals surface area contributed by atoms with Crippen LogP contribution in [0.3, 0.4) is 0 Å². The second-order valence-electron chi connectivity index (χ2n) is 5.18. The molecule has 20 heavy (non-hydrogen) atoms. The maximum Gasteiger partial charge on any atom is 0.201 e. The van der Waals surface area contributed by atoms with Gasteiger partial charge in [0.2, 0.25) is 5.95 Å². The Kier molecular flexibility index (Phi) is 4.57. The molecule has 1 atom stereocenters. The average Bonchev–Trinajstić information content (AvgIpc) is 2.71.